The number of halogens is 3. The zero-order chi connectivity index (χ0) is 23.2. The lowest BCUT2D eigenvalue weighted by atomic mass is 9.41. The van der Waals surface area contributed by atoms with Crippen molar-refractivity contribution in [1.82, 2.24) is 14.3 Å². The van der Waals surface area contributed by atoms with Gasteiger partial charge < -0.3 is 15.6 Å². The van der Waals surface area contributed by atoms with Crippen LogP contribution in [0.25, 0.3) is 0 Å². The smallest absolute Gasteiger partial charge is 0.369 e. The summed E-state index contributed by atoms with van der Waals surface area (Å²) in [7, 11) is -5.47. The number of H-pyrrole nitrogens is 1. The molecule has 178 valence electrons. The summed E-state index contributed by atoms with van der Waals surface area (Å²) in [5.41, 5.74) is 3.50. The highest BCUT2D eigenvalue weighted by atomic mass is 32.2. The Morgan fingerprint density at radius 3 is 2.48 bits per heavy atom. The minimum absolute atomic E-state index is 0.160. The number of nitrogens with two attached hydrogens (primary N) is 1. The fourth-order valence-electron chi connectivity index (χ4n) is 6.15. The summed E-state index contributed by atoms with van der Waals surface area (Å²) in [5, 5.41) is 0. The van der Waals surface area contributed by atoms with E-state index in [-0.39, 0.29) is 36.4 Å². The predicted octanol–water partition coefficient (Wildman–Crippen LogP) is 3.71. The number of fused-ring (bicyclic) bond motifs is 1. The number of hydrogen-bond donors (Lipinski definition) is 2. The minimum atomic E-state index is -5.47. The second-order valence-corrected chi connectivity index (χ2v) is 12.1. The molecular weight excluding hydrogens is 455 g/mol. The second-order valence-electron chi connectivity index (χ2n) is 10.1. The van der Waals surface area contributed by atoms with Gasteiger partial charge in [-0.15, -0.1) is 0 Å². The molecule has 1 aliphatic heterocycles. The van der Waals surface area contributed by atoms with Gasteiger partial charge in [0.05, 0.1) is 18.4 Å². The number of sulfonamides is 1. The second kappa shape index (κ2) is 6.88. The molecule has 0 amide bonds. The fourth-order valence-corrected chi connectivity index (χ4v) is 7.08. The summed E-state index contributed by atoms with van der Waals surface area (Å²) in [6.07, 6.45) is 6.35. The van der Waals surface area contributed by atoms with Gasteiger partial charge >= 0.3 is 15.5 Å². The number of imidazole rings is 1. The number of nitrogens with zero attached hydrogens (tertiary/aromatic N) is 3. The third-order valence-electron chi connectivity index (χ3n) is 8.02. The van der Waals surface area contributed by atoms with E-state index in [1.807, 2.05) is 18.2 Å². The van der Waals surface area contributed by atoms with Crippen LogP contribution in [0.15, 0.2) is 24.4 Å². The van der Waals surface area contributed by atoms with Crippen LogP contribution in [0.5, 0.6) is 0 Å². The number of aromatic amines is 1. The molecule has 3 N–H and O–H groups in total. The molecule has 0 radical (unpaired) electrons. The number of nitrogen functional groups attached to an aromatic ring is 1. The van der Waals surface area contributed by atoms with Gasteiger partial charge in [0, 0.05) is 24.8 Å². The van der Waals surface area contributed by atoms with E-state index in [0.717, 1.165) is 49.0 Å². The monoisotopic (exact) mass is 481 g/mol. The Bertz CT molecular complexity index is 1190. The maximum absolute atomic E-state index is 13.7. The van der Waals surface area contributed by atoms with Crippen molar-refractivity contribution in [3.8, 4) is 0 Å². The van der Waals surface area contributed by atoms with Crippen molar-refractivity contribution in [3.63, 3.8) is 0 Å². The average Bonchev–Trinajstić information content (AvgIpc) is 3.45. The third kappa shape index (κ3) is 3.26. The highest BCUT2D eigenvalue weighted by Crippen LogP contribution is 2.68. The lowest BCUT2D eigenvalue weighted by molar-refractivity contribution is -0.129. The molecule has 7 rings (SSSR count). The Hall–Kier alpha value is -2.27. The molecule has 7 nitrogen and oxygen atoms in total. The van der Waals surface area contributed by atoms with Crippen LogP contribution in [0.3, 0.4) is 0 Å². The van der Waals surface area contributed by atoms with E-state index in [0.29, 0.717) is 22.3 Å². The van der Waals surface area contributed by atoms with Crippen LogP contribution in [0.1, 0.15) is 54.8 Å². The van der Waals surface area contributed by atoms with Gasteiger partial charge in [0.25, 0.3) is 0 Å². The lowest BCUT2D eigenvalue weighted by Crippen LogP contribution is -2.66. The van der Waals surface area contributed by atoms with E-state index >= 15 is 0 Å². The molecule has 4 saturated carbocycles. The van der Waals surface area contributed by atoms with Crippen molar-refractivity contribution >= 4 is 21.7 Å². The van der Waals surface area contributed by atoms with Gasteiger partial charge in [0.15, 0.2) is 5.95 Å². The Morgan fingerprint density at radius 1 is 1.21 bits per heavy atom. The van der Waals surface area contributed by atoms with E-state index in [2.05, 4.69) is 14.9 Å². The molecule has 2 heterocycles. The first kappa shape index (κ1) is 21.3. The molecule has 4 aliphatic carbocycles. The van der Waals surface area contributed by atoms with Gasteiger partial charge in [-0.25, -0.2) is 13.4 Å². The van der Waals surface area contributed by atoms with Crippen molar-refractivity contribution in [1.29, 1.82) is 0 Å². The van der Waals surface area contributed by atoms with Crippen molar-refractivity contribution in [3.05, 3.63) is 41.2 Å². The van der Waals surface area contributed by atoms with Gasteiger partial charge in [0.1, 0.15) is 0 Å². The molecule has 0 unspecified atom stereocenters. The Labute approximate surface area is 190 Å². The van der Waals surface area contributed by atoms with Crippen LogP contribution < -0.4 is 10.6 Å². The molecule has 0 saturated heterocycles. The molecule has 1 aromatic heterocycles. The number of nitrogens with one attached hydrogen (secondary N) is 1. The first-order valence-corrected chi connectivity index (χ1v) is 12.8. The lowest BCUT2D eigenvalue weighted by Gasteiger charge is -2.67. The molecule has 11 heteroatoms. The average molecular weight is 482 g/mol. The Kier molecular flexibility index (Phi) is 4.43. The summed E-state index contributed by atoms with van der Waals surface area (Å²) in [4.78, 5) is 9.22. The summed E-state index contributed by atoms with van der Waals surface area (Å²) >= 11 is 0. The molecule has 5 aliphatic rings. The Balaban J connectivity index is 1.50. The largest absolute Gasteiger partial charge is 0.511 e. The molecule has 4 fully saturated rings. The van der Waals surface area contributed by atoms with E-state index < -0.39 is 15.5 Å². The van der Waals surface area contributed by atoms with Gasteiger partial charge in [-0.05, 0) is 66.5 Å². The molecule has 2 bridgehead atoms. The summed E-state index contributed by atoms with van der Waals surface area (Å²) in [6.45, 7) is -0.0687. The quantitative estimate of drug-likeness (QED) is 0.679. The van der Waals surface area contributed by atoms with Crippen molar-refractivity contribution < 1.29 is 21.6 Å². The van der Waals surface area contributed by atoms with E-state index in [1.165, 1.54) is 0 Å². The van der Waals surface area contributed by atoms with Crippen molar-refractivity contribution in [2.75, 3.05) is 17.2 Å². The first-order valence-electron chi connectivity index (χ1n) is 11.3. The summed E-state index contributed by atoms with van der Waals surface area (Å²) < 4.78 is 67.1. The van der Waals surface area contributed by atoms with Crippen LogP contribution >= 0.6 is 0 Å². The van der Waals surface area contributed by atoms with Gasteiger partial charge in [-0.3, -0.25) is 0 Å². The van der Waals surface area contributed by atoms with Crippen molar-refractivity contribution in [2.45, 2.75) is 62.7 Å². The molecule has 33 heavy (non-hydrogen) atoms. The number of rotatable bonds is 5. The van der Waals surface area contributed by atoms with E-state index in [1.54, 1.807) is 6.20 Å². The van der Waals surface area contributed by atoms with E-state index in [9.17, 15) is 21.6 Å². The highest BCUT2D eigenvalue weighted by molar-refractivity contribution is 7.89. The van der Waals surface area contributed by atoms with Crippen molar-refractivity contribution in [2.24, 2.45) is 11.3 Å². The molecule has 1 aromatic carbocycles. The Morgan fingerprint density at radius 2 is 1.94 bits per heavy atom. The van der Waals surface area contributed by atoms with Crippen LogP contribution in [0, 0.1) is 11.3 Å². The fraction of sp³-hybridized carbons (Fsp3) is 0.591. The van der Waals surface area contributed by atoms with Crippen LogP contribution in [-0.4, -0.2) is 40.8 Å². The molecular formula is C22H26F3N5O2S. The topological polar surface area (TPSA) is 95.3 Å². The van der Waals surface area contributed by atoms with Gasteiger partial charge in [-0.1, -0.05) is 12.1 Å². The number of hydrogen-bond acceptors (Lipinski definition) is 5. The standard InChI is InChI=1S/C22H26F3N5O2S/c23-22(24,25)33(31,32)29-11-17-16(14-4-5-14)2-1-3-18(17)30(10-15-9-27-20(26)28-15)19(12-29)21-6-13(7-21)8-21/h1-3,9,13-14,19H,4-8,10-12H2,(H3,26,27,28)/t13?,19-,21?/m1/s1. The van der Waals surface area contributed by atoms with Crippen LogP contribution in [0.2, 0.25) is 0 Å². The minimum Gasteiger partial charge on any atom is -0.369 e. The number of anilines is 2. The SMILES string of the molecule is Nc1ncc(CN2c3cccc(C4CC4)c3CN(S(=O)(=O)C(F)(F)F)C[C@@H]2C23CC(C2)C3)[nH]1. The summed E-state index contributed by atoms with van der Waals surface area (Å²) in [5.74, 6) is 1.14. The normalized spacial score (nSPS) is 29.7. The zero-order valence-electron chi connectivity index (χ0n) is 18.0. The predicted molar refractivity (Wildman–Crippen MR) is 117 cm³/mol. The summed E-state index contributed by atoms with van der Waals surface area (Å²) in [6, 6.07) is 5.43. The molecule has 0 spiro atoms. The van der Waals surface area contributed by atoms with E-state index in [4.69, 9.17) is 5.73 Å². The molecule has 1 atom stereocenters. The number of alkyl halides is 3. The molecule has 2 aromatic rings. The zero-order valence-corrected chi connectivity index (χ0v) is 18.8. The highest BCUT2D eigenvalue weighted by Gasteiger charge is 2.63. The third-order valence-corrected chi connectivity index (χ3v) is 9.56. The first-order chi connectivity index (χ1) is 15.6. The maximum Gasteiger partial charge on any atom is 0.511 e. The van der Waals surface area contributed by atoms with Crippen LogP contribution in [-0.2, 0) is 23.1 Å². The van der Waals surface area contributed by atoms with Crippen LogP contribution in [0.4, 0.5) is 24.8 Å². The number of aromatic nitrogens is 2. The number of benzene rings is 1. The maximum atomic E-state index is 13.7. The van der Waals surface area contributed by atoms with Gasteiger partial charge in [-0.2, -0.15) is 17.5 Å². The van der Waals surface area contributed by atoms with Gasteiger partial charge in [0.2, 0.25) is 0 Å².